The molecule has 1 aromatic carbocycles. The van der Waals surface area contributed by atoms with Gasteiger partial charge in [0.15, 0.2) is 0 Å². The molecule has 0 saturated heterocycles. The summed E-state index contributed by atoms with van der Waals surface area (Å²) in [6.07, 6.45) is 3.24. The lowest BCUT2D eigenvalue weighted by Gasteiger charge is -2.20. The number of hydrogen-bond donors (Lipinski definition) is 1. The monoisotopic (exact) mass is 381 g/mol. The predicted octanol–water partition coefficient (Wildman–Crippen LogP) is 4.37. The van der Waals surface area contributed by atoms with Gasteiger partial charge in [0.25, 0.3) is 0 Å². The lowest BCUT2D eigenvalue weighted by molar-refractivity contribution is 0.142. The SMILES string of the molecule is OC(c1ccc(Br)cc1Br)C1CCc2cccnc21. The lowest BCUT2D eigenvalue weighted by atomic mass is 9.93. The molecule has 2 unspecified atom stereocenters. The Kier molecular flexibility index (Phi) is 3.74. The van der Waals surface area contributed by atoms with Gasteiger partial charge < -0.3 is 5.11 Å². The molecule has 2 aromatic rings. The van der Waals surface area contributed by atoms with E-state index < -0.39 is 6.10 Å². The first-order valence-electron chi connectivity index (χ1n) is 6.23. The minimum absolute atomic E-state index is 0.0914. The van der Waals surface area contributed by atoms with E-state index in [-0.39, 0.29) is 5.92 Å². The van der Waals surface area contributed by atoms with Crippen molar-refractivity contribution in [2.45, 2.75) is 24.9 Å². The Labute approximate surface area is 129 Å². The molecular formula is C15H13Br2NO. The smallest absolute Gasteiger partial charge is 0.0884 e. The molecular weight excluding hydrogens is 370 g/mol. The molecule has 1 aromatic heterocycles. The quantitative estimate of drug-likeness (QED) is 0.836. The summed E-state index contributed by atoms with van der Waals surface area (Å²) < 4.78 is 1.93. The molecule has 1 aliphatic carbocycles. The number of pyridine rings is 1. The molecule has 98 valence electrons. The highest BCUT2D eigenvalue weighted by atomic mass is 79.9. The number of halogens is 2. The van der Waals surface area contributed by atoms with Crippen molar-refractivity contribution in [1.29, 1.82) is 0 Å². The normalized spacial score (nSPS) is 19.2. The van der Waals surface area contributed by atoms with Crippen molar-refractivity contribution < 1.29 is 5.11 Å². The molecule has 1 N–H and O–H groups in total. The highest BCUT2D eigenvalue weighted by Gasteiger charge is 2.31. The van der Waals surface area contributed by atoms with E-state index in [0.717, 1.165) is 33.0 Å². The van der Waals surface area contributed by atoms with Crippen LogP contribution in [0.3, 0.4) is 0 Å². The van der Waals surface area contributed by atoms with Gasteiger partial charge in [-0.25, -0.2) is 0 Å². The van der Waals surface area contributed by atoms with E-state index in [4.69, 9.17) is 0 Å². The van der Waals surface area contributed by atoms with Crippen LogP contribution >= 0.6 is 31.9 Å². The second kappa shape index (κ2) is 5.35. The number of aryl methyl sites for hydroxylation is 1. The van der Waals surface area contributed by atoms with E-state index >= 15 is 0 Å². The fraction of sp³-hybridized carbons (Fsp3) is 0.267. The van der Waals surface area contributed by atoms with E-state index in [2.05, 4.69) is 42.9 Å². The molecule has 0 radical (unpaired) electrons. The van der Waals surface area contributed by atoms with Gasteiger partial charge in [-0.3, -0.25) is 4.98 Å². The average molecular weight is 383 g/mol. The zero-order chi connectivity index (χ0) is 13.4. The van der Waals surface area contributed by atoms with Gasteiger partial charge in [0.1, 0.15) is 0 Å². The fourth-order valence-electron chi connectivity index (χ4n) is 2.71. The van der Waals surface area contributed by atoms with Gasteiger partial charge in [0, 0.05) is 26.8 Å². The number of nitrogens with zero attached hydrogens (tertiary/aromatic N) is 1. The van der Waals surface area contributed by atoms with Gasteiger partial charge in [-0.2, -0.15) is 0 Å². The van der Waals surface area contributed by atoms with Crippen molar-refractivity contribution in [2.75, 3.05) is 0 Å². The molecule has 0 fully saturated rings. The van der Waals surface area contributed by atoms with Gasteiger partial charge in [-0.15, -0.1) is 0 Å². The second-order valence-corrected chi connectivity index (χ2v) is 6.57. The van der Waals surface area contributed by atoms with Crippen molar-refractivity contribution in [2.24, 2.45) is 0 Å². The summed E-state index contributed by atoms with van der Waals surface area (Å²) in [5, 5.41) is 10.7. The average Bonchev–Trinajstić information content (AvgIpc) is 2.82. The Hall–Kier alpha value is -0.710. The highest BCUT2D eigenvalue weighted by molar-refractivity contribution is 9.11. The van der Waals surface area contributed by atoms with Crippen molar-refractivity contribution in [3.05, 3.63) is 62.3 Å². The molecule has 4 heteroatoms. The van der Waals surface area contributed by atoms with Crippen molar-refractivity contribution in [3.63, 3.8) is 0 Å². The molecule has 3 rings (SSSR count). The van der Waals surface area contributed by atoms with Gasteiger partial charge >= 0.3 is 0 Å². The maximum Gasteiger partial charge on any atom is 0.0884 e. The van der Waals surface area contributed by atoms with Crippen LogP contribution in [0.15, 0.2) is 45.5 Å². The van der Waals surface area contributed by atoms with E-state index in [1.807, 2.05) is 24.3 Å². The summed E-state index contributed by atoms with van der Waals surface area (Å²) in [5.74, 6) is 0.0914. The molecule has 19 heavy (non-hydrogen) atoms. The number of rotatable bonds is 2. The maximum absolute atomic E-state index is 10.7. The van der Waals surface area contributed by atoms with Crippen LogP contribution in [0.1, 0.15) is 35.3 Å². The summed E-state index contributed by atoms with van der Waals surface area (Å²) >= 11 is 6.96. The Bertz CT molecular complexity index is 615. The van der Waals surface area contributed by atoms with Crippen molar-refractivity contribution in [3.8, 4) is 0 Å². The first-order valence-corrected chi connectivity index (χ1v) is 7.82. The summed E-state index contributed by atoms with van der Waals surface area (Å²) in [5.41, 5.74) is 3.23. The van der Waals surface area contributed by atoms with E-state index in [0.29, 0.717) is 0 Å². The molecule has 0 spiro atoms. The van der Waals surface area contributed by atoms with Crippen LogP contribution in [0.5, 0.6) is 0 Å². The summed E-state index contributed by atoms with van der Waals surface area (Å²) in [6.45, 7) is 0. The topological polar surface area (TPSA) is 33.1 Å². The van der Waals surface area contributed by atoms with Gasteiger partial charge in [-0.1, -0.05) is 44.0 Å². The molecule has 1 heterocycles. The number of aromatic nitrogens is 1. The zero-order valence-electron chi connectivity index (χ0n) is 10.2. The maximum atomic E-state index is 10.7. The highest BCUT2D eigenvalue weighted by Crippen LogP contribution is 2.42. The van der Waals surface area contributed by atoms with E-state index in [9.17, 15) is 5.11 Å². The third-order valence-corrected chi connectivity index (χ3v) is 4.84. The Morgan fingerprint density at radius 3 is 2.89 bits per heavy atom. The molecule has 2 nitrogen and oxygen atoms in total. The molecule has 0 aliphatic heterocycles. The Balaban J connectivity index is 1.95. The summed E-state index contributed by atoms with van der Waals surface area (Å²) in [4.78, 5) is 4.45. The first-order chi connectivity index (χ1) is 9.16. The van der Waals surface area contributed by atoms with Crippen LogP contribution in [-0.4, -0.2) is 10.1 Å². The van der Waals surface area contributed by atoms with E-state index in [1.54, 1.807) is 6.20 Å². The number of aliphatic hydroxyl groups is 1. The number of fused-ring (bicyclic) bond motifs is 1. The van der Waals surface area contributed by atoms with Gasteiger partial charge in [0.2, 0.25) is 0 Å². The van der Waals surface area contributed by atoms with Crippen LogP contribution < -0.4 is 0 Å². The molecule has 0 bridgehead atoms. The van der Waals surface area contributed by atoms with Crippen molar-refractivity contribution >= 4 is 31.9 Å². The zero-order valence-corrected chi connectivity index (χ0v) is 13.4. The van der Waals surface area contributed by atoms with Gasteiger partial charge in [0.05, 0.1) is 6.10 Å². The Morgan fingerprint density at radius 1 is 1.26 bits per heavy atom. The number of aliphatic hydroxyl groups excluding tert-OH is 1. The number of hydrogen-bond acceptors (Lipinski definition) is 2. The predicted molar refractivity (Wildman–Crippen MR) is 82.1 cm³/mol. The molecule has 0 saturated carbocycles. The van der Waals surface area contributed by atoms with Crippen LogP contribution in [-0.2, 0) is 6.42 Å². The largest absolute Gasteiger partial charge is 0.388 e. The van der Waals surface area contributed by atoms with Crippen molar-refractivity contribution in [1.82, 2.24) is 4.98 Å². The minimum Gasteiger partial charge on any atom is -0.388 e. The van der Waals surface area contributed by atoms with Crippen LogP contribution in [0.4, 0.5) is 0 Å². The van der Waals surface area contributed by atoms with Crippen LogP contribution in [0.25, 0.3) is 0 Å². The lowest BCUT2D eigenvalue weighted by Crippen LogP contribution is -2.10. The fourth-order valence-corrected chi connectivity index (χ4v) is 3.99. The second-order valence-electron chi connectivity index (χ2n) is 4.80. The molecule has 2 atom stereocenters. The summed E-state index contributed by atoms with van der Waals surface area (Å²) in [7, 11) is 0. The standard InChI is InChI=1S/C15H13Br2NO/c16-10-4-6-11(13(17)8-10)15(19)12-5-3-9-2-1-7-18-14(9)12/h1-2,4,6-8,12,15,19H,3,5H2. The molecule has 0 amide bonds. The number of benzene rings is 1. The first kappa shape index (κ1) is 13.3. The van der Waals surface area contributed by atoms with Crippen LogP contribution in [0, 0.1) is 0 Å². The van der Waals surface area contributed by atoms with Crippen LogP contribution in [0.2, 0.25) is 0 Å². The summed E-state index contributed by atoms with van der Waals surface area (Å²) in [6, 6.07) is 9.94. The third kappa shape index (κ3) is 2.49. The Morgan fingerprint density at radius 2 is 2.11 bits per heavy atom. The van der Waals surface area contributed by atoms with Gasteiger partial charge in [-0.05, 0) is 42.2 Å². The minimum atomic E-state index is -0.515. The molecule has 1 aliphatic rings. The van der Waals surface area contributed by atoms with E-state index in [1.165, 1.54) is 5.56 Å². The third-order valence-electron chi connectivity index (χ3n) is 3.66.